The van der Waals surface area contributed by atoms with Crippen LogP contribution in [0.15, 0.2) is 6.08 Å². The monoisotopic (exact) mass is 327 g/mol. The molecule has 1 heterocycles. The molecule has 0 saturated heterocycles. The fraction of sp³-hybridized carbons (Fsp3) is 0.533. The summed E-state index contributed by atoms with van der Waals surface area (Å²) in [6.45, 7) is 5.74. The van der Waals surface area contributed by atoms with E-state index < -0.39 is 12.0 Å². The maximum Gasteiger partial charge on any atom is 0.328 e. The summed E-state index contributed by atoms with van der Waals surface area (Å²) in [5.41, 5.74) is 1.40. The summed E-state index contributed by atoms with van der Waals surface area (Å²) in [5.74, 6) is -0.579. The zero-order valence-corrected chi connectivity index (χ0v) is 14.3. The lowest BCUT2D eigenvalue weighted by atomic mass is 10.0. The van der Waals surface area contributed by atoms with E-state index in [1.807, 2.05) is 13.8 Å². The van der Waals surface area contributed by atoms with Gasteiger partial charge in [0, 0.05) is 18.7 Å². The number of nitrogens with one attached hydrogen (secondary N) is 1. The standard InChI is InChI=1S/C15H22ClN3O3/c1-9(2)8-12(15(21)22-5)17-13(20)7-6-11-10(3)18-19(4)14(11)16/h6-7,9,12H,8H2,1-5H3,(H,17,20)/b7-6+. The molecule has 0 aliphatic heterocycles. The molecule has 1 unspecified atom stereocenters. The molecule has 0 aliphatic carbocycles. The minimum Gasteiger partial charge on any atom is -0.467 e. The van der Waals surface area contributed by atoms with Gasteiger partial charge in [-0.2, -0.15) is 5.10 Å². The molecule has 1 N–H and O–H groups in total. The van der Waals surface area contributed by atoms with Crippen molar-refractivity contribution in [2.45, 2.75) is 33.2 Å². The third-order valence-electron chi connectivity index (χ3n) is 3.11. The van der Waals surface area contributed by atoms with Crippen LogP contribution in [0.25, 0.3) is 6.08 Å². The number of rotatable bonds is 6. The van der Waals surface area contributed by atoms with Crippen molar-refractivity contribution in [3.05, 3.63) is 22.5 Å². The molecule has 122 valence electrons. The highest BCUT2D eigenvalue weighted by molar-refractivity contribution is 6.31. The molecule has 0 aromatic carbocycles. The number of halogens is 1. The fourth-order valence-corrected chi connectivity index (χ4v) is 2.28. The van der Waals surface area contributed by atoms with Gasteiger partial charge in [-0.15, -0.1) is 0 Å². The third kappa shape index (κ3) is 4.87. The Morgan fingerprint density at radius 1 is 1.45 bits per heavy atom. The fourth-order valence-electron chi connectivity index (χ4n) is 2.04. The van der Waals surface area contributed by atoms with Crippen LogP contribution in [0.4, 0.5) is 0 Å². The lowest BCUT2D eigenvalue weighted by Crippen LogP contribution is -2.41. The summed E-state index contributed by atoms with van der Waals surface area (Å²) in [4.78, 5) is 23.7. The summed E-state index contributed by atoms with van der Waals surface area (Å²) in [6, 6.07) is -0.660. The maximum atomic E-state index is 12.0. The second-order valence-electron chi connectivity index (χ2n) is 5.46. The van der Waals surface area contributed by atoms with Gasteiger partial charge in [-0.25, -0.2) is 4.79 Å². The average molecular weight is 328 g/mol. The zero-order valence-electron chi connectivity index (χ0n) is 13.5. The molecule has 6 nitrogen and oxygen atoms in total. The molecule has 1 aromatic rings. The van der Waals surface area contributed by atoms with Crippen LogP contribution in [0.3, 0.4) is 0 Å². The first kappa shape index (κ1) is 18.2. The Hall–Kier alpha value is -1.82. The summed E-state index contributed by atoms with van der Waals surface area (Å²) >= 11 is 6.09. The van der Waals surface area contributed by atoms with Gasteiger partial charge >= 0.3 is 5.97 Å². The van der Waals surface area contributed by atoms with Gasteiger partial charge in [0.15, 0.2) is 0 Å². The highest BCUT2D eigenvalue weighted by atomic mass is 35.5. The number of methoxy groups -OCH3 is 1. The molecule has 1 aromatic heterocycles. The van der Waals surface area contributed by atoms with Crippen LogP contribution in [-0.2, 0) is 21.4 Å². The van der Waals surface area contributed by atoms with Crippen LogP contribution >= 0.6 is 11.6 Å². The number of amides is 1. The van der Waals surface area contributed by atoms with Gasteiger partial charge in [0.2, 0.25) is 5.91 Å². The number of carbonyl (C=O) groups is 2. The second kappa shape index (κ2) is 7.98. The van der Waals surface area contributed by atoms with Gasteiger partial charge in [0.05, 0.1) is 12.8 Å². The number of ether oxygens (including phenoxy) is 1. The van der Waals surface area contributed by atoms with Crippen LogP contribution in [0.2, 0.25) is 5.15 Å². The molecule has 0 fully saturated rings. The SMILES string of the molecule is COC(=O)C(CC(C)C)NC(=O)/C=C/c1c(C)nn(C)c1Cl. The highest BCUT2D eigenvalue weighted by Crippen LogP contribution is 2.19. The first-order chi connectivity index (χ1) is 10.3. The van der Waals surface area contributed by atoms with Crippen molar-refractivity contribution in [2.24, 2.45) is 13.0 Å². The molecule has 1 rings (SSSR count). The number of hydrogen-bond acceptors (Lipinski definition) is 4. The van der Waals surface area contributed by atoms with Gasteiger partial charge in [0.25, 0.3) is 0 Å². The number of hydrogen-bond donors (Lipinski definition) is 1. The quantitative estimate of drug-likeness (QED) is 0.641. The van der Waals surface area contributed by atoms with Crippen molar-refractivity contribution >= 4 is 29.6 Å². The van der Waals surface area contributed by atoms with Crippen molar-refractivity contribution < 1.29 is 14.3 Å². The molecule has 1 atom stereocenters. The lowest BCUT2D eigenvalue weighted by Gasteiger charge is -2.17. The smallest absolute Gasteiger partial charge is 0.328 e. The Labute approximate surface area is 135 Å². The molecule has 0 aliphatic rings. The van der Waals surface area contributed by atoms with Gasteiger partial charge in [0.1, 0.15) is 11.2 Å². The number of aromatic nitrogens is 2. The van der Waals surface area contributed by atoms with Gasteiger partial charge in [-0.05, 0) is 25.3 Å². The summed E-state index contributed by atoms with van der Waals surface area (Å²) < 4.78 is 6.24. The summed E-state index contributed by atoms with van der Waals surface area (Å²) in [6.07, 6.45) is 3.44. The van der Waals surface area contributed by atoms with E-state index in [1.54, 1.807) is 20.0 Å². The van der Waals surface area contributed by atoms with Gasteiger partial charge in [-0.1, -0.05) is 25.4 Å². The number of esters is 1. The van der Waals surface area contributed by atoms with Gasteiger partial charge in [-0.3, -0.25) is 9.48 Å². The van der Waals surface area contributed by atoms with E-state index in [-0.39, 0.29) is 11.8 Å². The van der Waals surface area contributed by atoms with E-state index in [4.69, 9.17) is 16.3 Å². The molecular formula is C15H22ClN3O3. The number of nitrogens with zero attached hydrogens (tertiary/aromatic N) is 2. The minimum absolute atomic E-state index is 0.253. The van der Waals surface area contributed by atoms with Crippen LogP contribution in [-0.4, -0.2) is 34.8 Å². The van der Waals surface area contributed by atoms with E-state index in [0.717, 1.165) is 5.69 Å². The number of aryl methyl sites for hydroxylation is 2. The normalized spacial score (nSPS) is 12.7. The van der Waals surface area contributed by atoms with Crippen molar-refractivity contribution in [1.82, 2.24) is 15.1 Å². The molecule has 1 amide bonds. The van der Waals surface area contributed by atoms with E-state index >= 15 is 0 Å². The van der Waals surface area contributed by atoms with E-state index in [9.17, 15) is 9.59 Å². The Bertz CT molecular complexity index is 579. The second-order valence-corrected chi connectivity index (χ2v) is 5.82. The van der Waals surface area contributed by atoms with Crippen molar-refractivity contribution in [3.63, 3.8) is 0 Å². The molecule has 7 heteroatoms. The Kier molecular flexibility index (Phi) is 6.61. The molecule has 0 bridgehead atoms. The lowest BCUT2D eigenvalue weighted by molar-refractivity contribution is -0.145. The van der Waals surface area contributed by atoms with Crippen molar-refractivity contribution in [1.29, 1.82) is 0 Å². The first-order valence-corrected chi connectivity index (χ1v) is 7.39. The van der Waals surface area contributed by atoms with Gasteiger partial charge < -0.3 is 10.1 Å². The molecule has 0 spiro atoms. The van der Waals surface area contributed by atoms with E-state index in [1.165, 1.54) is 17.9 Å². The topological polar surface area (TPSA) is 73.2 Å². The Morgan fingerprint density at radius 3 is 2.55 bits per heavy atom. The molecular weight excluding hydrogens is 306 g/mol. The van der Waals surface area contributed by atoms with Crippen LogP contribution in [0, 0.1) is 12.8 Å². The van der Waals surface area contributed by atoms with Crippen LogP contribution in [0.1, 0.15) is 31.5 Å². The Balaban J connectivity index is 2.78. The highest BCUT2D eigenvalue weighted by Gasteiger charge is 2.21. The van der Waals surface area contributed by atoms with E-state index in [0.29, 0.717) is 17.1 Å². The minimum atomic E-state index is -0.660. The number of carbonyl (C=O) groups excluding carboxylic acids is 2. The first-order valence-electron chi connectivity index (χ1n) is 7.01. The predicted molar refractivity (Wildman–Crippen MR) is 85.4 cm³/mol. The molecule has 22 heavy (non-hydrogen) atoms. The largest absolute Gasteiger partial charge is 0.467 e. The zero-order chi connectivity index (χ0) is 16.9. The van der Waals surface area contributed by atoms with Crippen molar-refractivity contribution in [3.8, 4) is 0 Å². The molecule has 0 radical (unpaired) electrons. The third-order valence-corrected chi connectivity index (χ3v) is 3.56. The predicted octanol–water partition coefficient (Wildman–Crippen LogP) is 2.10. The summed E-state index contributed by atoms with van der Waals surface area (Å²) in [5, 5.41) is 7.25. The van der Waals surface area contributed by atoms with Crippen molar-refractivity contribution in [2.75, 3.05) is 7.11 Å². The summed E-state index contributed by atoms with van der Waals surface area (Å²) in [7, 11) is 3.03. The maximum absolute atomic E-state index is 12.0. The molecule has 0 saturated carbocycles. The van der Waals surface area contributed by atoms with E-state index in [2.05, 4.69) is 10.4 Å². The van der Waals surface area contributed by atoms with Crippen LogP contribution in [0.5, 0.6) is 0 Å². The Morgan fingerprint density at radius 2 is 2.09 bits per heavy atom. The average Bonchev–Trinajstić information content (AvgIpc) is 2.68. The van der Waals surface area contributed by atoms with Crippen LogP contribution < -0.4 is 5.32 Å².